The van der Waals surface area contributed by atoms with Crippen LogP contribution in [0, 0.1) is 5.82 Å². The summed E-state index contributed by atoms with van der Waals surface area (Å²) in [6.07, 6.45) is 1.69. The van der Waals surface area contributed by atoms with Gasteiger partial charge in [0.1, 0.15) is 0 Å². The number of para-hydroxylation sites is 1. The number of anilines is 1. The van der Waals surface area contributed by atoms with Crippen molar-refractivity contribution in [1.82, 2.24) is 19.8 Å². The average molecular weight is 335 g/mol. The molecule has 0 radical (unpaired) electrons. The van der Waals surface area contributed by atoms with Gasteiger partial charge in [-0.3, -0.25) is 10.1 Å². The summed E-state index contributed by atoms with van der Waals surface area (Å²) >= 11 is 1.21. The first kappa shape index (κ1) is 15.3. The lowest BCUT2D eigenvalue weighted by Gasteiger charge is -2.06. The van der Waals surface area contributed by atoms with Gasteiger partial charge < -0.3 is 4.74 Å². The second kappa shape index (κ2) is 6.69. The predicted molar refractivity (Wildman–Crippen MR) is 83.2 cm³/mol. The average Bonchev–Trinajstić information content (AvgIpc) is 3.08. The monoisotopic (exact) mass is 335 g/mol. The zero-order chi connectivity index (χ0) is 16.2. The molecule has 0 saturated carbocycles. The second-order valence-corrected chi connectivity index (χ2v) is 5.69. The van der Waals surface area contributed by atoms with E-state index in [1.165, 1.54) is 23.5 Å². The molecular weight excluding hydrogens is 321 g/mol. The molecule has 0 bridgehead atoms. The fourth-order valence-electron chi connectivity index (χ4n) is 1.95. The Labute approximate surface area is 135 Å². The molecule has 3 rings (SSSR count). The van der Waals surface area contributed by atoms with Crippen LogP contribution < -0.4 is 10.1 Å². The number of carbonyl (C=O) groups excluding carboxylic acids is 1. The maximum Gasteiger partial charge on any atom is 0.264 e. The van der Waals surface area contributed by atoms with Crippen LogP contribution >= 0.6 is 11.3 Å². The molecule has 0 saturated heterocycles. The number of hydrogen-bond acceptors (Lipinski definition) is 6. The smallest absolute Gasteiger partial charge is 0.264 e. The van der Waals surface area contributed by atoms with E-state index >= 15 is 0 Å². The Morgan fingerprint density at radius 2 is 2.22 bits per heavy atom. The number of hydrogen-bond donors (Lipinski definition) is 1. The van der Waals surface area contributed by atoms with E-state index in [1.54, 1.807) is 16.6 Å². The first-order valence-electron chi connectivity index (χ1n) is 7.05. The standard InChI is InChI=1S/C14H14FN5O2S/c1-2-5-11-17-18-14-20(11)19-13(23-14)16-12(21)8-22-10-7-4-3-6-9(10)15/h3-4,6-7H,2,5,8H2,1H3,(H,16,19,21). The van der Waals surface area contributed by atoms with E-state index in [2.05, 4.69) is 20.6 Å². The zero-order valence-corrected chi connectivity index (χ0v) is 13.1. The Kier molecular flexibility index (Phi) is 4.47. The quantitative estimate of drug-likeness (QED) is 0.747. The van der Waals surface area contributed by atoms with E-state index < -0.39 is 11.7 Å². The summed E-state index contributed by atoms with van der Waals surface area (Å²) in [4.78, 5) is 12.5. The highest BCUT2D eigenvalue weighted by Crippen LogP contribution is 2.19. The van der Waals surface area contributed by atoms with Crippen molar-refractivity contribution in [2.24, 2.45) is 0 Å². The van der Waals surface area contributed by atoms with Gasteiger partial charge in [0.25, 0.3) is 5.91 Å². The largest absolute Gasteiger partial charge is 0.481 e. The van der Waals surface area contributed by atoms with Gasteiger partial charge in [0.05, 0.1) is 0 Å². The minimum atomic E-state index is -0.511. The van der Waals surface area contributed by atoms with Crippen LogP contribution in [-0.2, 0) is 11.2 Å². The van der Waals surface area contributed by atoms with E-state index in [1.807, 2.05) is 6.92 Å². The van der Waals surface area contributed by atoms with Crippen LogP contribution in [0.4, 0.5) is 9.52 Å². The molecule has 0 aliphatic rings. The van der Waals surface area contributed by atoms with E-state index in [0.717, 1.165) is 18.7 Å². The van der Waals surface area contributed by atoms with Crippen molar-refractivity contribution in [2.45, 2.75) is 19.8 Å². The maximum absolute atomic E-state index is 13.4. The fraction of sp³-hybridized carbons (Fsp3) is 0.286. The third-order valence-corrected chi connectivity index (χ3v) is 3.79. The minimum Gasteiger partial charge on any atom is -0.481 e. The second-order valence-electron chi connectivity index (χ2n) is 4.74. The van der Waals surface area contributed by atoms with Gasteiger partial charge in [0, 0.05) is 6.42 Å². The van der Waals surface area contributed by atoms with Crippen LogP contribution in [0.3, 0.4) is 0 Å². The Bertz CT molecular complexity index is 832. The van der Waals surface area contributed by atoms with Crippen LogP contribution in [0.1, 0.15) is 19.2 Å². The molecule has 2 aromatic heterocycles. The van der Waals surface area contributed by atoms with Crippen LogP contribution in [0.25, 0.3) is 4.96 Å². The number of benzene rings is 1. The molecule has 0 atom stereocenters. The normalized spacial score (nSPS) is 10.9. The topological polar surface area (TPSA) is 81.4 Å². The SMILES string of the molecule is CCCc1nnc2sc(NC(=O)COc3ccccc3F)nn12. The van der Waals surface area contributed by atoms with Crippen molar-refractivity contribution in [3.05, 3.63) is 35.9 Å². The number of nitrogens with one attached hydrogen (secondary N) is 1. The maximum atomic E-state index is 13.4. The van der Waals surface area contributed by atoms with Gasteiger partial charge >= 0.3 is 0 Å². The van der Waals surface area contributed by atoms with E-state index in [4.69, 9.17) is 4.74 Å². The zero-order valence-electron chi connectivity index (χ0n) is 12.3. The van der Waals surface area contributed by atoms with Crippen molar-refractivity contribution in [3.63, 3.8) is 0 Å². The Morgan fingerprint density at radius 1 is 1.39 bits per heavy atom. The lowest BCUT2D eigenvalue weighted by atomic mass is 10.3. The van der Waals surface area contributed by atoms with E-state index in [0.29, 0.717) is 10.1 Å². The summed E-state index contributed by atoms with van der Waals surface area (Å²) in [6, 6.07) is 5.91. The van der Waals surface area contributed by atoms with Gasteiger partial charge in [-0.2, -0.15) is 4.52 Å². The third-order valence-electron chi connectivity index (χ3n) is 2.97. The first-order valence-corrected chi connectivity index (χ1v) is 7.87. The number of carbonyl (C=O) groups is 1. The van der Waals surface area contributed by atoms with Crippen LogP contribution in [0.2, 0.25) is 0 Å². The Balaban J connectivity index is 1.62. The number of amides is 1. The van der Waals surface area contributed by atoms with Crippen molar-refractivity contribution in [3.8, 4) is 5.75 Å². The van der Waals surface area contributed by atoms with Crippen molar-refractivity contribution in [1.29, 1.82) is 0 Å². The predicted octanol–water partition coefficient (Wildman–Crippen LogP) is 2.29. The molecule has 120 valence electrons. The summed E-state index contributed by atoms with van der Waals surface area (Å²) in [7, 11) is 0. The van der Waals surface area contributed by atoms with E-state index in [9.17, 15) is 9.18 Å². The van der Waals surface area contributed by atoms with Gasteiger partial charge in [-0.1, -0.05) is 30.4 Å². The van der Waals surface area contributed by atoms with Gasteiger partial charge in [0.15, 0.2) is 24.0 Å². The molecule has 2 heterocycles. The molecule has 23 heavy (non-hydrogen) atoms. The van der Waals surface area contributed by atoms with Gasteiger partial charge in [0.2, 0.25) is 10.1 Å². The highest BCUT2D eigenvalue weighted by molar-refractivity contribution is 7.20. The van der Waals surface area contributed by atoms with Gasteiger partial charge in [-0.25, -0.2) is 4.39 Å². The number of aromatic nitrogens is 4. The van der Waals surface area contributed by atoms with Crippen LogP contribution in [-0.4, -0.2) is 32.3 Å². The van der Waals surface area contributed by atoms with Crippen molar-refractivity contribution >= 4 is 27.3 Å². The third kappa shape index (κ3) is 3.45. The summed E-state index contributed by atoms with van der Waals surface area (Å²) in [6.45, 7) is 1.74. The Hall–Kier alpha value is -2.55. The number of nitrogens with zero attached hydrogens (tertiary/aromatic N) is 4. The number of ether oxygens (including phenoxy) is 1. The van der Waals surface area contributed by atoms with Gasteiger partial charge in [-0.15, -0.1) is 15.3 Å². The summed E-state index contributed by atoms with van der Waals surface area (Å²) < 4.78 is 20.2. The number of rotatable bonds is 6. The molecule has 0 fully saturated rings. The summed E-state index contributed by atoms with van der Waals surface area (Å²) in [5.74, 6) is -0.147. The van der Waals surface area contributed by atoms with Crippen LogP contribution in [0.5, 0.6) is 5.75 Å². The van der Waals surface area contributed by atoms with Crippen LogP contribution in [0.15, 0.2) is 24.3 Å². The highest BCUT2D eigenvalue weighted by Gasteiger charge is 2.13. The van der Waals surface area contributed by atoms with Gasteiger partial charge in [-0.05, 0) is 18.6 Å². The molecule has 7 nitrogen and oxygen atoms in total. The minimum absolute atomic E-state index is 0.0334. The molecule has 0 aliphatic carbocycles. The molecule has 1 N–H and O–H groups in total. The summed E-state index contributed by atoms with van der Waals surface area (Å²) in [5.41, 5.74) is 0. The Morgan fingerprint density at radius 3 is 3.00 bits per heavy atom. The molecule has 0 unspecified atom stereocenters. The van der Waals surface area contributed by atoms with Crippen molar-refractivity contribution < 1.29 is 13.9 Å². The number of halogens is 1. The molecule has 3 aromatic rings. The first-order chi connectivity index (χ1) is 11.2. The molecule has 1 amide bonds. The lowest BCUT2D eigenvalue weighted by Crippen LogP contribution is -2.20. The number of fused-ring (bicyclic) bond motifs is 1. The molecule has 0 aliphatic heterocycles. The molecule has 0 spiro atoms. The van der Waals surface area contributed by atoms with Crippen molar-refractivity contribution in [2.75, 3.05) is 11.9 Å². The number of aryl methyl sites for hydroxylation is 1. The van der Waals surface area contributed by atoms with E-state index in [-0.39, 0.29) is 12.4 Å². The molecule has 9 heteroatoms. The molecular formula is C14H14FN5O2S. The fourth-order valence-corrected chi connectivity index (χ4v) is 2.72. The summed E-state index contributed by atoms with van der Waals surface area (Å²) in [5, 5.41) is 15.3. The lowest BCUT2D eigenvalue weighted by molar-refractivity contribution is -0.118. The highest BCUT2D eigenvalue weighted by atomic mass is 32.1. The molecule has 1 aromatic carbocycles.